The SMILES string of the molecule is c1ccc2c(c1)CC(CNC1CCCC1C1CCCCN1)O2. The maximum absolute atomic E-state index is 6.07. The molecular formula is C19H28N2O. The minimum Gasteiger partial charge on any atom is -0.488 e. The second-order valence-corrected chi connectivity index (χ2v) is 7.22. The number of ether oxygens (including phenoxy) is 1. The van der Waals surface area contributed by atoms with E-state index in [1.165, 1.54) is 50.6 Å². The zero-order valence-electron chi connectivity index (χ0n) is 13.4. The third-order valence-corrected chi connectivity index (χ3v) is 5.76. The van der Waals surface area contributed by atoms with Gasteiger partial charge in [0.2, 0.25) is 0 Å². The number of benzene rings is 1. The summed E-state index contributed by atoms with van der Waals surface area (Å²) in [5.74, 6) is 1.91. The van der Waals surface area contributed by atoms with Crippen molar-refractivity contribution in [2.45, 2.75) is 63.1 Å². The van der Waals surface area contributed by atoms with Crippen LogP contribution in [0.3, 0.4) is 0 Å². The molecule has 1 aromatic carbocycles. The van der Waals surface area contributed by atoms with Crippen LogP contribution in [0.1, 0.15) is 44.1 Å². The Labute approximate surface area is 133 Å². The normalized spacial score (nSPS) is 34.4. The van der Waals surface area contributed by atoms with Crippen LogP contribution in [0.5, 0.6) is 5.75 Å². The van der Waals surface area contributed by atoms with E-state index in [1.807, 2.05) is 0 Å². The Hall–Kier alpha value is -1.06. The minimum atomic E-state index is 0.318. The van der Waals surface area contributed by atoms with Crippen molar-refractivity contribution in [3.8, 4) is 5.75 Å². The van der Waals surface area contributed by atoms with Gasteiger partial charge in [0.25, 0.3) is 0 Å². The Bertz CT molecular complexity index is 473. The molecule has 0 aromatic heterocycles. The number of rotatable bonds is 4. The Morgan fingerprint density at radius 2 is 2.05 bits per heavy atom. The molecule has 1 saturated heterocycles. The number of para-hydroxylation sites is 1. The van der Waals surface area contributed by atoms with Crippen molar-refractivity contribution in [3.63, 3.8) is 0 Å². The molecule has 0 amide bonds. The smallest absolute Gasteiger partial charge is 0.123 e. The lowest BCUT2D eigenvalue weighted by Gasteiger charge is -2.33. The molecule has 3 aliphatic rings. The van der Waals surface area contributed by atoms with E-state index in [-0.39, 0.29) is 0 Å². The second kappa shape index (κ2) is 6.59. The average molecular weight is 300 g/mol. The van der Waals surface area contributed by atoms with Crippen LogP contribution in [0.25, 0.3) is 0 Å². The minimum absolute atomic E-state index is 0.318. The number of fused-ring (bicyclic) bond motifs is 1. The van der Waals surface area contributed by atoms with Crippen molar-refractivity contribution in [2.24, 2.45) is 5.92 Å². The van der Waals surface area contributed by atoms with Gasteiger partial charge in [0, 0.05) is 25.0 Å². The molecular weight excluding hydrogens is 272 g/mol. The molecule has 3 heteroatoms. The van der Waals surface area contributed by atoms with Crippen LogP contribution in [-0.4, -0.2) is 31.3 Å². The van der Waals surface area contributed by atoms with Crippen molar-refractivity contribution in [1.29, 1.82) is 0 Å². The third-order valence-electron chi connectivity index (χ3n) is 5.76. The highest BCUT2D eigenvalue weighted by Gasteiger charge is 2.34. The van der Waals surface area contributed by atoms with E-state index >= 15 is 0 Å². The van der Waals surface area contributed by atoms with E-state index in [2.05, 4.69) is 34.9 Å². The molecule has 1 aromatic rings. The van der Waals surface area contributed by atoms with Crippen LogP contribution in [0.4, 0.5) is 0 Å². The fourth-order valence-electron chi connectivity index (χ4n) is 4.62. The van der Waals surface area contributed by atoms with Gasteiger partial charge >= 0.3 is 0 Å². The first-order valence-electron chi connectivity index (χ1n) is 9.11. The van der Waals surface area contributed by atoms with Crippen molar-refractivity contribution in [2.75, 3.05) is 13.1 Å². The van der Waals surface area contributed by atoms with Crippen molar-refractivity contribution in [3.05, 3.63) is 29.8 Å². The molecule has 2 fully saturated rings. The summed E-state index contributed by atoms with van der Waals surface area (Å²) >= 11 is 0. The molecule has 120 valence electrons. The monoisotopic (exact) mass is 300 g/mol. The largest absolute Gasteiger partial charge is 0.488 e. The van der Waals surface area contributed by atoms with Gasteiger partial charge in [0.15, 0.2) is 0 Å². The summed E-state index contributed by atoms with van der Waals surface area (Å²) in [7, 11) is 0. The summed E-state index contributed by atoms with van der Waals surface area (Å²) in [5.41, 5.74) is 1.37. The Balaban J connectivity index is 1.30. The number of hydrogen-bond acceptors (Lipinski definition) is 3. The van der Waals surface area contributed by atoms with Crippen LogP contribution in [-0.2, 0) is 6.42 Å². The predicted octanol–water partition coefficient (Wildman–Crippen LogP) is 2.89. The van der Waals surface area contributed by atoms with E-state index in [0.717, 1.165) is 30.7 Å². The molecule has 2 N–H and O–H groups in total. The Morgan fingerprint density at radius 3 is 2.91 bits per heavy atom. The molecule has 0 radical (unpaired) electrons. The zero-order chi connectivity index (χ0) is 14.8. The van der Waals surface area contributed by atoms with E-state index in [0.29, 0.717) is 12.1 Å². The summed E-state index contributed by atoms with van der Waals surface area (Å²) < 4.78 is 6.07. The van der Waals surface area contributed by atoms with E-state index in [1.54, 1.807) is 0 Å². The second-order valence-electron chi connectivity index (χ2n) is 7.22. The molecule has 2 aliphatic heterocycles. The first kappa shape index (κ1) is 14.5. The van der Waals surface area contributed by atoms with E-state index in [9.17, 15) is 0 Å². The summed E-state index contributed by atoms with van der Waals surface area (Å²) in [6.07, 6.45) is 9.61. The molecule has 1 aliphatic carbocycles. The highest BCUT2D eigenvalue weighted by Crippen LogP contribution is 2.32. The predicted molar refractivity (Wildman–Crippen MR) is 89.3 cm³/mol. The molecule has 4 atom stereocenters. The van der Waals surface area contributed by atoms with Crippen LogP contribution < -0.4 is 15.4 Å². The van der Waals surface area contributed by atoms with Gasteiger partial charge in [-0.25, -0.2) is 0 Å². The van der Waals surface area contributed by atoms with Gasteiger partial charge in [-0.15, -0.1) is 0 Å². The number of hydrogen-bond donors (Lipinski definition) is 2. The molecule has 2 heterocycles. The first-order valence-corrected chi connectivity index (χ1v) is 9.11. The Kier molecular flexibility index (Phi) is 4.35. The molecule has 1 saturated carbocycles. The number of nitrogens with one attached hydrogen (secondary N) is 2. The molecule has 22 heavy (non-hydrogen) atoms. The molecule has 0 bridgehead atoms. The van der Waals surface area contributed by atoms with Crippen LogP contribution >= 0.6 is 0 Å². The zero-order valence-corrected chi connectivity index (χ0v) is 13.4. The first-order chi connectivity index (χ1) is 10.9. The quantitative estimate of drug-likeness (QED) is 0.897. The summed E-state index contributed by atoms with van der Waals surface area (Å²) in [6, 6.07) is 9.90. The fraction of sp³-hybridized carbons (Fsp3) is 0.684. The number of piperidine rings is 1. The standard InChI is InChI=1S/C19H28N2O/c1-2-10-19-14(6-1)12-15(22-19)13-21-18-9-5-7-16(18)17-8-3-4-11-20-17/h1-2,6,10,15-18,20-21H,3-5,7-9,11-13H2. The van der Waals surface area contributed by atoms with E-state index < -0.39 is 0 Å². The maximum atomic E-state index is 6.07. The molecule has 4 rings (SSSR count). The molecule has 3 nitrogen and oxygen atoms in total. The highest BCUT2D eigenvalue weighted by atomic mass is 16.5. The lowest BCUT2D eigenvalue weighted by atomic mass is 9.88. The van der Waals surface area contributed by atoms with Gasteiger partial charge in [0.05, 0.1) is 0 Å². The van der Waals surface area contributed by atoms with Gasteiger partial charge in [-0.3, -0.25) is 0 Å². The van der Waals surface area contributed by atoms with Crippen molar-refractivity contribution in [1.82, 2.24) is 10.6 Å². The highest BCUT2D eigenvalue weighted by molar-refractivity contribution is 5.37. The van der Waals surface area contributed by atoms with Crippen molar-refractivity contribution < 1.29 is 4.74 Å². The molecule has 0 spiro atoms. The van der Waals surface area contributed by atoms with Gasteiger partial charge in [-0.1, -0.05) is 31.0 Å². The maximum Gasteiger partial charge on any atom is 0.123 e. The van der Waals surface area contributed by atoms with Crippen LogP contribution in [0.2, 0.25) is 0 Å². The summed E-state index contributed by atoms with van der Waals surface area (Å²) in [6.45, 7) is 2.21. The third kappa shape index (κ3) is 3.02. The van der Waals surface area contributed by atoms with Gasteiger partial charge in [-0.05, 0) is 49.8 Å². The van der Waals surface area contributed by atoms with Crippen molar-refractivity contribution >= 4 is 0 Å². The summed E-state index contributed by atoms with van der Waals surface area (Å²) in [4.78, 5) is 0. The van der Waals surface area contributed by atoms with Gasteiger partial charge < -0.3 is 15.4 Å². The van der Waals surface area contributed by atoms with Gasteiger partial charge in [-0.2, -0.15) is 0 Å². The van der Waals surface area contributed by atoms with Gasteiger partial charge in [0.1, 0.15) is 11.9 Å². The van der Waals surface area contributed by atoms with E-state index in [4.69, 9.17) is 4.74 Å². The lowest BCUT2D eigenvalue weighted by molar-refractivity contribution is 0.202. The topological polar surface area (TPSA) is 33.3 Å². The van der Waals surface area contributed by atoms with Crippen LogP contribution in [0, 0.1) is 5.92 Å². The fourth-order valence-corrected chi connectivity index (χ4v) is 4.62. The lowest BCUT2D eigenvalue weighted by Crippen LogP contribution is -2.48. The Morgan fingerprint density at radius 1 is 1.09 bits per heavy atom. The molecule has 4 unspecified atom stereocenters. The average Bonchev–Trinajstić information content (AvgIpc) is 3.20. The van der Waals surface area contributed by atoms with Crippen LogP contribution in [0.15, 0.2) is 24.3 Å². The summed E-state index contributed by atoms with van der Waals surface area (Å²) in [5, 5.41) is 7.60.